The van der Waals surface area contributed by atoms with Crippen LogP contribution in [-0.2, 0) is 4.74 Å². The monoisotopic (exact) mass is 426 g/mol. The average Bonchev–Trinajstić information content (AvgIpc) is 2.74. The zero-order valence-corrected chi connectivity index (χ0v) is 18.2. The Morgan fingerprint density at radius 3 is 2.26 bits per heavy atom. The molecule has 1 fully saturated rings. The van der Waals surface area contributed by atoms with E-state index in [4.69, 9.17) is 4.74 Å². The van der Waals surface area contributed by atoms with Gasteiger partial charge >= 0.3 is 0 Å². The summed E-state index contributed by atoms with van der Waals surface area (Å²) in [4.78, 5) is 0. The van der Waals surface area contributed by atoms with Gasteiger partial charge in [-0.2, -0.15) is 0 Å². The molecule has 1 aliphatic carbocycles. The molecule has 0 radical (unpaired) electrons. The fourth-order valence-corrected chi connectivity index (χ4v) is 3.98. The van der Waals surface area contributed by atoms with Gasteiger partial charge in [-0.25, -0.2) is 13.2 Å². The maximum Gasteiger partial charge on any atom is 0.166 e. The summed E-state index contributed by atoms with van der Waals surface area (Å²) >= 11 is 0. The van der Waals surface area contributed by atoms with Crippen molar-refractivity contribution in [3.8, 4) is 11.1 Å². The molecule has 0 unspecified atom stereocenters. The molecule has 0 atom stereocenters. The predicted molar refractivity (Wildman–Crippen MR) is 121 cm³/mol. The van der Waals surface area contributed by atoms with Crippen LogP contribution >= 0.6 is 0 Å². The van der Waals surface area contributed by atoms with Crippen LogP contribution in [0.3, 0.4) is 0 Å². The Hall–Kier alpha value is -2.59. The van der Waals surface area contributed by atoms with Gasteiger partial charge in [0.25, 0.3) is 0 Å². The molecule has 3 rings (SSSR count). The number of benzene rings is 2. The van der Waals surface area contributed by atoms with Crippen LogP contribution in [-0.4, -0.2) is 12.7 Å². The van der Waals surface area contributed by atoms with Gasteiger partial charge in [-0.3, -0.25) is 0 Å². The van der Waals surface area contributed by atoms with Crippen molar-refractivity contribution in [3.05, 3.63) is 95.4 Å². The third-order valence-electron chi connectivity index (χ3n) is 5.79. The van der Waals surface area contributed by atoms with Gasteiger partial charge in [0, 0.05) is 11.1 Å². The van der Waals surface area contributed by atoms with Crippen LogP contribution in [0.5, 0.6) is 0 Å². The van der Waals surface area contributed by atoms with Crippen LogP contribution in [0.15, 0.2) is 72.6 Å². The molecule has 0 saturated heterocycles. The highest BCUT2D eigenvalue weighted by Gasteiger charge is 2.27. The van der Waals surface area contributed by atoms with E-state index in [2.05, 4.69) is 13.2 Å². The maximum atomic E-state index is 14.9. The maximum absolute atomic E-state index is 14.9. The van der Waals surface area contributed by atoms with E-state index in [1.54, 1.807) is 31.2 Å². The minimum atomic E-state index is -0.796. The molecule has 1 aliphatic rings. The van der Waals surface area contributed by atoms with Gasteiger partial charge in [0.05, 0.1) is 12.7 Å². The van der Waals surface area contributed by atoms with E-state index in [1.165, 1.54) is 6.08 Å². The van der Waals surface area contributed by atoms with Gasteiger partial charge in [-0.15, -0.1) is 0 Å². The Morgan fingerprint density at radius 1 is 1.00 bits per heavy atom. The number of halogens is 3. The number of allylic oxidation sites excluding steroid dienone is 2. The normalized spacial score (nSPS) is 19.3. The zero-order chi connectivity index (χ0) is 22.5. The smallest absolute Gasteiger partial charge is 0.166 e. The summed E-state index contributed by atoms with van der Waals surface area (Å²) in [5.41, 5.74) is 3.33. The first-order valence-electron chi connectivity index (χ1n) is 10.6. The van der Waals surface area contributed by atoms with Crippen molar-refractivity contribution in [2.75, 3.05) is 6.61 Å². The van der Waals surface area contributed by atoms with Gasteiger partial charge < -0.3 is 4.74 Å². The first kappa shape index (κ1) is 23.1. The van der Waals surface area contributed by atoms with Crippen molar-refractivity contribution in [1.29, 1.82) is 0 Å². The van der Waals surface area contributed by atoms with Crippen molar-refractivity contribution >= 4 is 0 Å². The van der Waals surface area contributed by atoms with E-state index in [0.29, 0.717) is 42.4 Å². The van der Waals surface area contributed by atoms with Crippen molar-refractivity contribution < 1.29 is 17.9 Å². The van der Waals surface area contributed by atoms with Crippen LogP contribution < -0.4 is 0 Å². The lowest BCUT2D eigenvalue weighted by Crippen LogP contribution is -2.22. The minimum absolute atomic E-state index is 0.0367. The average molecular weight is 427 g/mol. The van der Waals surface area contributed by atoms with Crippen molar-refractivity contribution in [2.24, 2.45) is 0 Å². The van der Waals surface area contributed by atoms with Crippen molar-refractivity contribution in [1.82, 2.24) is 0 Å². The fraction of sp³-hybridized carbons (Fsp3) is 0.333. The molecular weight excluding hydrogens is 397 g/mol. The lowest BCUT2D eigenvalue weighted by Gasteiger charge is -2.29. The summed E-state index contributed by atoms with van der Waals surface area (Å²) in [6.07, 6.45) is 4.11. The largest absolute Gasteiger partial charge is 0.373 e. The molecule has 0 heterocycles. The number of hydrogen-bond acceptors (Lipinski definition) is 1. The second-order valence-electron chi connectivity index (χ2n) is 8.42. The van der Waals surface area contributed by atoms with Crippen LogP contribution in [0.4, 0.5) is 13.2 Å². The summed E-state index contributed by atoms with van der Waals surface area (Å²) in [6, 6.07) is 10.8. The molecular formula is C27H29F3O. The molecule has 0 aromatic heterocycles. The van der Waals surface area contributed by atoms with Crippen LogP contribution in [0, 0.1) is 18.6 Å². The fourth-order valence-electron chi connectivity index (χ4n) is 3.98. The molecule has 4 heteroatoms. The van der Waals surface area contributed by atoms with E-state index < -0.39 is 17.5 Å². The standard InChI is InChI=1S/C27H29F3O/c1-17(2)15-25(28)19(4)16-31-22-11-9-21(10-12-22)24-14-13-23(26(29)27(24)30)20-7-5-18(3)6-8-20/h5-8,13-15,21-22H,1,4,9-12,16H2,2-3H3/b25-15+. The summed E-state index contributed by atoms with van der Waals surface area (Å²) < 4.78 is 49.4. The number of rotatable bonds is 7. The van der Waals surface area contributed by atoms with Gasteiger partial charge in [0.1, 0.15) is 5.83 Å². The summed E-state index contributed by atoms with van der Waals surface area (Å²) in [5, 5.41) is 0. The summed E-state index contributed by atoms with van der Waals surface area (Å²) in [5.74, 6) is -2.03. The summed E-state index contributed by atoms with van der Waals surface area (Å²) in [6.45, 7) is 11.1. The van der Waals surface area contributed by atoms with Crippen LogP contribution in [0.1, 0.15) is 49.7 Å². The Bertz CT molecular complexity index is 980. The lowest BCUT2D eigenvalue weighted by molar-refractivity contribution is 0.0382. The Balaban J connectivity index is 1.61. The first-order valence-corrected chi connectivity index (χ1v) is 10.6. The molecule has 0 N–H and O–H groups in total. The second kappa shape index (κ2) is 10.1. The summed E-state index contributed by atoms with van der Waals surface area (Å²) in [7, 11) is 0. The van der Waals surface area contributed by atoms with Crippen molar-refractivity contribution in [3.63, 3.8) is 0 Å². The predicted octanol–water partition coefficient (Wildman–Crippen LogP) is 7.97. The molecule has 164 valence electrons. The second-order valence-corrected chi connectivity index (χ2v) is 8.42. The SMILES string of the molecule is C=C(C)/C=C(/F)C(=C)COC1CCC(c2ccc(-c3ccc(C)cc3)c(F)c2F)CC1. The van der Waals surface area contributed by atoms with E-state index >= 15 is 0 Å². The molecule has 1 saturated carbocycles. The Kier molecular flexibility index (Phi) is 7.55. The molecule has 31 heavy (non-hydrogen) atoms. The lowest BCUT2D eigenvalue weighted by atomic mass is 9.82. The Morgan fingerprint density at radius 2 is 1.65 bits per heavy atom. The van der Waals surface area contributed by atoms with E-state index in [-0.39, 0.29) is 29.8 Å². The highest BCUT2D eigenvalue weighted by atomic mass is 19.2. The molecule has 1 nitrogen and oxygen atoms in total. The van der Waals surface area contributed by atoms with Gasteiger partial charge in [-0.05, 0) is 62.7 Å². The van der Waals surface area contributed by atoms with Crippen molar-refractivity contribution in [2.45, 2.75) is 51.6 Å². The third-order valence-corrected chi connectivity index (χ3v) is 5.79. The van der Waals surface area contributed by atoms with Gasteiger partial charge in [-0.1, -0.05) is 60.7 Å². The first-order chi connectivity index (χ1) is 14.8. The molecule has 2 aromatic rings. The molecule has 2 aromatic carbocycles. The Labute approximate surface area is 182 Å². The number of ether oxygens (including phenoxy) is 1. The molecule has 0 spiro atoms. The van der Waals surface area contributed by atoms with E-state index in [9.17, 15) is 13.2 Å². The zero-order valence-electron chi connectivity index (χ0n) is 18.2. The van der Waals surface area contributed by atoms with Crippen LogP contribution in [0.2, 0.25) is 0 Å². The van der Waals surface area contributed by atoms with Crippen LogP contribution in [0.25, 0.3) is 11.1 Å². The highest BCUT2D eigenvalue weighted by molar-refractivity contribution is 5.65. The van der Waals surface area contributed by atoms with E-state index in [1.807, 2.05) is 19.1 Å². The number of hydrogen-bond donors (Lipinski definition) is 0. The quantitative estimate of drug-likeness (QED) is 0.408. The topological polar surface area (TPSA) is 9.23 Å². The van der Waals surface area contributed by atoms with Gasteiger partial charge in [0.15, 0.2) is 11.6 Å². The highest BCUT2D eigenvalue weighted by Crippen LogP contribution is 2.38. The molecule has 0 amide bonds. The molecule has 0 aliphatic heterocycles. The van der Waals surface area contributed by atoms with E-state index in [0.717, 1.165) is 5.56 Å². The minimum Gasteiger partial charge on any atom is -0.373 e. The van der Waals surface area contributed by atoms with Gasteiger partial charge in [0.2, 0.25) is 0 Å². The third kappa shape index (κ3) is 5.76. The number of aryl methyl sites for hydroxylation is 1. The molecule has 0 bridgehead atoms.